The van der Waals surface area contributed by atoms with E-state index in [9.17, 15) is 0 Å². The van der Waals surface area contributed by atoms with Crippen molar-refractivity contribution in [1.29, 1.82) is 0 Å². The molecule has 2 aliphatic rings. The van der Waals surface area contributed by atoms with Crippen LogP contribution in [0.25, 0.3) is 122 Å². The molecule has 0 fully saturated rings. The van der Waals surface area contributed by atoms with Crippen molar-refractivity contribution in [1.82, 2.24) is 9.13 Å². The normalized spacial score (nSPS) is 12.5. The minimum absolute atomic E-state index is 0.0686. The fraction of sp³-hybridized carbons (Fsp3) is 0.0667. The molecule has 109 heavy (non-hydrogen) atoms. The van der Waals surface area contributed by atoms with Crippen molar-refractivity contribution in [2.75, 3.05) is 4.90 Å². The van der Waals surface area contributed by atoms with E-state index in [1.54, 1.807) is 0 Å². The van der Waals surface area contributed by atoms with Crippen LogP contribution in [-0.2, 0) is 17.3 Å². The van der Waals surface area contributed by atoms with Crippen LogP contribution in [0.4, 0.5) is 17.1 Å². The second kappa shape index (κ2) is 29.4. The van der Waals surface area contributed by atoms with Crippen LogP contribution in [0.15, 0.2) is 393 Å². The molecule has 2 aliphatic carbocycles. The topological polar surface area (TPSA) is 13.1 Å². The van der Waals surface area contributed by atoms with Gasteiger partial charge < -0.3 is 14.0 Å². The van der Waals surface area contributed by atoms with Crippen LogP contribution < -0.4 is 4.90 Å². The third kappa shape index (κ3) is 13.0. The standard InChI is InChI=1S/C51H38N2.C28H24.C24H16BrN.C2H2/c1-51(2)47-22-11-9-20-43(47)44-31-29-42(34-48(44)51)52(40-27-24-36(25-28-40)35-14-5-3-6-15-35)41-19-13-16-37(32-41)38-26-30-46-45-21-10-12-23-49(45)53(50(46)33-38)39-17-7-4-8-18-39;1-28(2)26-11-7-6-10-24(26)25-17-14-21(19-27(25)28)18-20-12-15-23(16-13-20)22-8-4-3-5-9-22;25-19-8-6-7-17(15-19)18-13-14-22-21-11-4-5-12-23(21)26(24(22)16-18)20-9-2-1-3-10-20;1-2/h3-34H,1-2H3;3-17,19H,18H2,1-2H3;1-16H;1-2H. The number of terminal acetylenes is 1. The van der Waals surface area contributed by atoms with Gasteiger partial charge in [0.25, 0.3) is 0 Å². The summed E-state index contributed by atoms with van der Waals surface area (Å²) >= 11 is 3.58. The van der Waals surface area contributed by atoms with Crippen LogP contribution >= 0.6 is 15.9 Å². The summed E-state index contributed by atoms with van der Waals surface area (Å²) in [7, 11) is 0. The summed E-state index contributed by atoms with van der Waals surface area (Å²) in [5.74, 6) is 0. The first kappa shape index (κ1) is 69.0. The van der Waals surface area contributed by atoms with Crippen molar-refractivity contribution >= 4 is 76.6 Å². The van der Waals surface area contributed by atoms with Gasteiger partial charge in [0.2, 0.25) is 0 Å². The molecule has 0 atom stereocenters. The molecule has 0 bridgehead atoms. The fourth-order valence-corrected chi connectivity index (χ4v) is 17.2. The van der Waals surface area contributed by atoms with Gasteiger partial charge in [-0.3, -0.25) is 0 Å². The SMILES string of the molecule is Brc1cccc(-c2ccc3c4ccccc4n(-c4ccccc4)c3c2)c1.C#C.CC1(C)c2ccccc2-c2ccc(Cc3ccc(-c4ccccc4)cc3)cc21.CC1(C)c2ccccc2-c2ccc(N(c3ccc(-c4ccccc4)cc3)c3cccc(-c4ccc5c6ccccc6n(-c6ccccc6)c5c4)c3)cc21. The number of rotatable bonds is 11. The maximum Gasteiger partial charge on any atom is 0.0547 e. The summed E-state index contributed by atoms with van der Waals surface area (Å²) in [6.07, 6.45) is 8.97. The number of fused-ring (bicyclic) bond motifs is 12. The number of hydrogen-bond acceptors (Lipinski definition) is 1. The van der Waals surface area contributed by atoms with Crippen molar-refractivity contribution in [2.24, 2.45) is 0 Å². The lowest BCUT2D eigenvalue weighted by Crippen LogP contribution is -2.16. The third-order valence-electron chi connectivity index (χ3n) is 22.1. The average molecular weight is 1460 g/mol. The molecule has 20 rings (SSSR count). The number of benzene rings is 16. The zero-order valence-corrected chi connectivity index (χ0v) is 63.1. The molecule has 0 radical (unpaired) electrons. The average Bonchev–Trinajstić information content (AvgIpc) is 1.59. The Morgan fingerprint density at radius 3 is 1.14 bits per heavy atom. The first-order valence-corrected chi connectivity index (χ1v) is 38.2. The Balaban J connectivity index is 0.000000130. The van der Waals surface area contributed by atoms with Crippen molar-refractivity contribution in [3.05, 3.63) is 426 Å². The molecule has 16 aromatic carbocycles. The third-order valence-corrected chi connectivity index (χ3v) is 22.6. The maximum atomic E-state index is 4.00. The summed E-state index contributed by atoms with van der Waals surface area (Å²) in [5.41, 5.74) is 34.2. The molecule has 3 nitrogen and oxygen atoms in total. The van der Waals surface area contributed by atoms with E-state index < -0.39 is 0 Å². The Kier molecular flexibility index (Phi) is 18.6. The fourth-order valence-electron chi connectivity index (χ4n) is 16.8. The second-order valence-corrected chi connectivity index (χ2v) is 30.3. The molecular formula is C105H80BrN3. The predicted octanol–water partition coefficient (Wildman–Crippen LogP) is 28.6. The van der Waals surface area contributed by atoms with E-state index >= 15 is 0 Å². The van der Waals surface area contributed by atoms with Crippen molar-refractivity contribution in [3.8, 4) is 91.0 Å². The highest BCUT2D eigenvalue weighted by Gasteiger charge is 2.37. The van der Waals surface area contributed by atoms with Gasteiger partial charge in [-0.1, -0.05) is 335 Å². The molecule has 522 valence electrons. The number of hydrogen-bond donors (Lipinski definition) is 0. The van der Waals surface area contributed by atoms with Gasteiger partial charge in [-0.15, -0.1) is 12.8 Å². The summed E-state index contributed by atoms with van der Waals surface area (Å²) < 4.78 is 5.84. The zero-order chi connectivity index (χ0) is 74.2. The highest BCUT2D eigenvalue weighted by Crippen LogP contribution is 2.52. The largest absolute Gasteiger partial charge is 0.310 e. The summed E-state index contributed by atoms with van der Waals surface area (Å²) in [6.45, 7) is 9.39. The number of para-hydroxylation sites is 4. The van der Waals surface area contributed by atoms with Gasteiger partial charge in [0.1, 0.15) is 0 Å². The Morgan fingerprint density at radius 1 is 0.257 bits per heavy atom. The van der Waals surface area contributed by atoms with Gasteiger partial charge in [0, 0.05) is 65.3 Å². The molecule has 18 aromatic rings. The van der Waals surface area contributed by atoms with Gasteiger partial charge in [-0.05, 0) is 204 Å². The van der Waals surface area contributed by atoms with Crippen LogP contribution in [0.5, 0.6) is 0 Å². The molecule has 0 aliphatic heterocycles. The van der Waals surface area contributed by atoms with E-state index in [0.29, 0.717) is 0 Å². The van der Waals surface area contributed by atoms with Crippen LogP contribution in [-0.4, -0.2) is 9.13 Å². The van der Waals surface area contributed by atoms with Gasteiger partial charge in [0.05, 0.1) is 22.1 Å². The molecule has 0 saturated heterocycles. The molecule has 2 heterocycles. The van der Waals surface area contributed by atoms with Gasteiger partial charge >= 0.3 is 0 Å². The minimum Gasteiger partial charge on any atom is -0.310 e. The Labute approximate surface area is 648 Å². The van der Waals surface area contributed by atoms with Gasteiger partial charge in [0.15, 0.2) is 0 Å². The highest BCUT2D eigenvalue weighted by atomic mass is 79.9. The number of halogens is 1. The maximum absolute atomic E-state index is 4.00. The van der Waals surface area contributed by atoms with Crippen molar-refractivity contribution < 1.29 is 0 Å². The second-order valence-electron chi connectivity index (χ2n) is 29.3. The number of aromatic nitrogens is 2. The van der Waals surface area contributed by atoms with Crippen molar-refractivity contribution in [2.45, 2.75) is 44.9 Å². The Bertz CT molecular complexity index is 6380. The Hall–Kier alpha value is -13.0. The van der Waals surface area contributed by atoms with Crippen LogP contribution in [0.1, 0.15) is 61.1 Å². The van der Waals surface area contributed by atoms with Crippen LogP contribution in [0.2, 0.25) is 0 Å². The molecule has 0 amide bonds. The van der Waals surface area contributed by atoms with E-state index in [0.717, 1.165) is 33.6 Å². The lowest BCUT2D eigenvalue weighted by atomic mass is 9.81. The quantitative estimate of drug-likeness (QED) is 0.118. The first-order valence-electron chi connectivity index (χ1n) is 37.4. The molecule has 0 spiro atoms. The molecule has 0 unspecified atom stereocenters. The van der Waals surface area contributed by atoms with E-state index in [1.807, 2.05) is 0 Å². The monoisotopic (exact) mass is 1460 g/mol. The molecular weight excluding hydrogens is 1380 g/mol. The summed E-state index contributed by atoms with van der Waals surface area (Å²) in [6, 6.07) is 141. The predicted molar refractivity (Wildman–Crippen MR) is 466 cm³/mol. The number of anilines is 3. The van der Waals surface area contributed by atoms with Crippen molar-refractivity contribution in [3.63, 3.8) is 0 Å². The van der Waals surface area contributed by atoms with Crippen LogP contribution in [0, 0.1) is 12.8 Å². The zero-order valence-electron chi connectivity index (χ0n) is 61.5. The minimum atomic E-state index is -0.0980. The van der Waals surface area contributed by atoms with Gasteiger partial charge in [-0.2, -0.15) is 0 Å². The van der Waals surface area contributed by atoms with E-state index in [1.165, 1.54) is 149 Å². The molecule has 2 aromatic heterocycles. The molecule has 0 N–H and O–H groups in total. The molecule has 0 saturated carbocycles. The van der Waals surface area contributed by atoms with Gasteiger partial charge in [-0.25, -0.2) is 0 Å². The van der Waals surface area contributed by atoms with E-state index in [4.69, 9.17) is 0 Å². The van der Waals surface area contributed by atoms with Crippen LogP contribution in [0.3, 0.4) is 0 Å². The lowest BCUT2D eigenvalue weighted by molar-refractivity contribution is 0.659. The number of nitrogens with zero attached hydrogens (tertiary/aromatic N) is 3. The van der Waals surface area contributed by atoms with E-state index in [-0.39, 0.29) is 10.8 Å². The highest BCUT2D eigenvalue weighted by molar-refractivity contribution is 9.10. The summed E-state index contributed by atoms with van der Waals surface area (Å²) in [4.78, 5) is 2.41. The smallest absolute Gasteiger partial charge is 0.0547 e. The lowest BCUT2D eigenvalue weighted by Gasteiger charge is -2.28. The first-order chi connectivity index (χ1) is 53.5. The van der Waals surface area contributed by atoms with E-state index in [2.05, 4.69) is 459 Å². The summed E-state index contributed by atoms with van der Waals surface area (Å²) in [5, 5.41) is 5.08. The Morgan fingerprint density at radius 2 is 0.615 bits per heavy atom. The molecule has 4 heteroatoms.